The molecule has 2 bridgehead atoms. The molecular formula is C20H26O8. The maximum absolute atomic E-state index is 12.7. The lowest BCUT2D eigenvalue weighted by molar-refractivity contribution is -0.192. The lowest BCUT2D eigenvalue weighted by Crippen LogP contribution is -2.60. The van der Waals surface area contributed by atoms with Crippen LogP contribution in [0.3, 0.4) is 0 Å². The molecule has 8 heteroatoms. The number of carbonyl (C=O) groups is 3. The Labute approximate surface area is 161 Å². The molecule has 4 saturated carbocycles. The minimum atomic E-state index is -1.91. The highest BCUT2D eigenvalue weighted by molar-refractivity contribution is 5.86. The Morgan fingerprint density at radius 1 is 1.11 bits per heavy atom. The molecule has 4 aliphatic carbocycles. The molecule has 4 rings (SSSR count). The number of aliphatic hydroxyl groups is 2. The van der Waals surface area contributed by atoms with Crippen molar-refractivity contribution in [3.63, 3.8) is 0 Å². The van der Waals surface area contributed by atoms with Crippen molar-refractivity contribution in [2.75, 3.05) is 0 Å². The van der Waals surface area contributed by atoms with E-state index in [1.807, 2.05) is 0 Å². The van der Waals surface area contributed by atoms with Crippen LogP contribution in [0, 0.1) is 39.9 Å². The van der Waals surface area contributed by atoms with Crippen molar-refractivity contribution in [2.24, 2.45) is 39.9 Å². The first kappa shape index (κ1) is 19.4. The quantitative estimate of drug-likeness (QED) is 0.444. The Morgan fingerprint density at radius 2 is 1.75 bits per heavy atom. The molecular weight excluding hydrogens is 368 g/mol. The van der Waals surface area contributed by atoms with Gasteiger partial charge in [0.1, 0.15) is 0 Å². The monoisotopic (exact) mass is 394 g/mol. The van der Waals surface area contributed by atoms with Crippen LogP contribution >= 0.6 is 0 Å². The Hall–Kier alpha value is -1.93. The van der Waals surface area contributed by atoms with E-state index >= 15 is 0 Å². The fraction of sp³-hybridized carbons (Fsp3) is 0.750. The average Bonchev–Trinajstić information content (AvgIpc) is 3.03. The van der Waals surface area contributed by atoms with Crippen LogP contribution in [0.15, 0.2) is 12.2 Å². The summed E-state index contributed by atoms with van der Waals surface area (Å²) in [5, 5.41) is 51.8. The Bertz CT molecular complexity index is 791. The highest BCUT2D eigenvalue weighted by Gasteiger charge is 2.81. The molecule has 5 N–H and O–H groups in total. The smallest absolute Gasteiger partial charge is 0.312 e. The third-order valence-corrected chi connectivity index (χ3v) is 8.74. The second kappa shape index (κ2) is 5.57. The largest absolute Gasteiger partial charge is 0.481 e. The summed E-state index contributed by atoms with van der Waals surface area (Å²) in [6.07, 6.45) is -1.52. The van der Waals surface area contributed by atoms with Gasteiger partial charge >= 0.3 is 17.9 Å². The fourth-order valence-corrected chi connectivity index (χ4v) is 7.66. The van der Waals surface area contributed by atoms with Crippen molar-refractivity contribution >= 4 is 17.9 Å². The number of hydrogen-bond acceptors (Lipinski definition) is 5. The minimum Gasteiger partial charge on any atom is -0.481 e. The van der Waals surface area contributed by atoms with Gasteiger partial charge in [0.05, 0.1) is 29.0 Å². The van der Waals surface area contributed by atoms with Crippen molar-refractivity contribution < 1.29 is 39.9 Å². The van der Waals surface area contributed by atoms with Gasteiger partial charge in [-0.15, -0.1) is 0 Å². The summed E-state index contributed by atoms with van der Waals surface area (Å²) in [6.45, 7) is 5.28. The number of fused-ring (bicyclic) bond motifs is 3. The van der Waals surface area contributed by atoms with Gasteiger partial charge in [0.25, 0.3) is 0 Å². The van der Waals surface area contributed by atoms with E-state index in [0.717, 1.165) is 0 Å². The van der Waals surface area contributed by atoms with E-state index in [4.69, 9.17) is 0 Å². The van der Waals surface area contributed by atoms with E-state index in [1.54, 1.807) is 0 Å². The summed E-state index contributed by atoms with van der Waals surface area (Å²) < 4.78 is 0. The summed E-state index contributed by atoms with van der Waals surface area (Å²) in [5.41, 5.74) is -3.78. The molecule has 1 spiro atoms. The molecule has 28 heavy (non-hydrogen) atoms. The van der Waals surface area contributed by atoms with Gasteiger partial charge in [-0.1, -0.05) is 12.2 Å². The van der Waals surface area contributed by atoms with Crippen molar-refractivity contribution in [3.8, 4) is 0 Å². The summed E-state index contributed by atoms with van der Waals surface area (Å²) >= 11 is 0. The van der Waals surface area contributed by atoms with E-state index < -0.39 is 64.1 Å². The van der Waals surface area contributed by atoms with Gasteiger partial charge in [-0.2, -0.15) is 0 Å². The van der Waals surface area contributed by atoms with Crippen LogP contribution in [0.4, 0.5) is 0 Å². The van der Waals surface area contributed by atoms with Gasteiger partial charge in [0.2, 0.25) is 0 Å². The van der Waals surface area contributed by atoms with Gasteiger partial charge in [-0.3, -0.25) is 14.4 Å². The Balaban J connectivity index is 2.03. The van der Waals surface area contributed by atoms with Crippen LogP contribution in [-0.2, 0) is 14.4 Å². The molecule has 0 radical (unpaired) electrons. The summed E-state index contributed by atoms with van der Waals surface area (Å²) in [5.74, 6) is -7.34. The first-order valence-electron chi connectivity index (χ1n) is 9.68. The second-order valence-electron chi connectivity index (χ2n) is 9.52. The Kier molecular flexibility index (Phi) is 3.86. The maximum Gasteiger partial charge on any atom is 0.312 e. The number of carboxylic acids is 3. The molecule has 4 fully saturated rings. The standard InChI is InChI=1S/C20H26O8/c1-8-6-19-7-9(8)10(21)5-11(19)20(17(27)28)4-3-12(22)18(2,16(25)26)14(20)13(19)15(23)24/h9-14,21-22H,1,3-7H2,2H3,(H,23,24)(H,25,26)(H,27,28)/t9-,10-,11-,12+,13-,14-,18-,19+,20-/m1/s1. The molecule has 0 aliphatic heterocycles. The highest BCUT2D eigenvalue weighted by Crippen LogP contribution is 2.77. The predicted molar refractivity (Wildman–Crippen MR) is 94.1 cm³/mol. The minimum absolute atomic E-state index is 0.00288. The SMILES string of the molecule is C=C1C[C@]23C[C@H]1[C@H](O)C[C@H]2[C@]1(C(=O)O)CC[C@H](O)[C@@](C)(C(=O)O)[C@H]1[C@@H]3C(=O)O. The van der Waals surface area contributed by atoms with Crippen LogP contribution in [0.25, 0.3) is 0 Å². The van der Waals surface area contributed by atoms with Gasteiger partial charge in [-0.25, -0.2) is 0 Å². The number of carboxylic acid groups (broad SMARTS) is 3. The highest BCUT2D eigenvalue weighted by atomic mass is 16.4. The van der Waals surface area contributed by atoms with Crippen LogP contribution in [0.2, 0.25) is 0 Å². The van der Waals surface area contributed by atoms with Crippen LogP contribution < -0.4 is 0 Å². The normalized spacial score (nSPS) is 52.0. The van der Waals surface area contributed by atoms with Crippen molar-refractivity contribution in [1.29, 1.82) is 0 Å². The zero-order chi connectivity index (χ0) is 20.8. The third-order valence-electron chi connectivity index (χ3n) is 8.74. The average molecular weight is 394 g/mol. The molecule has 154 valence electrons. The second-order valence-corrected chi connectivity index (χ2v) is 9.52. The van der Waals surface area contributed by atoms with Crippen molar-refractivity contribution in [1.82, 2.24) is 0 Å². The Morgan fingerprint density at radius 3 is 2.29 bits per heavy atom. The van der Waals surface area contributed by atoms with Crippen molar-refractivity contribution in [2.45, 2.75) is 51.2 Å². The van der Waals surface area contributed by atoms with E-state index in [-0.39, 0.29) is 31.6 Å². The van der Waals surface area contributed by atoms with Crippen LogP contribution in [-0.4, -0.2) is 55.6 Å². The molecule has 4 aliphatic rings. The zero-order valence-electron chi connectivity index (χ0n) is 15.7. The molecule has 0 amide bonds. The van der Waals surface area contributed by atoms with E-state index in [1.165, 1.54) is 6.92 Å². The summed E-state index contributed by atoms with van der Waals surface area (Å²) in [4.78, 5) is 37.5. The first-order valence-corrected chi connectivity index (χ1v) is 9.68. The fourth-order valence-electron chi connectivity index (χ4n) is 7.66. The van der Waals surface area contributed by atoms with E-state index in [0.29, 0.717) is 12.0 Å². The zero-order valence-corrected chi connectivity index (χ0v) is 15.7. The molecule has 0 aromatic heterocycles. The molecule has 8 nitrogen and oxygen atoms in total. The number of rotatable bonds is 3. The van der Waals surface area contributed by atoms with Crippen LogP contribution in [0.5, 0.6) is 0 Å². The number of aliphatic carboxylic acids is 3. The summed E-state index contributed by atoms with van der Waals surface area (Å²) in [6, 6.07) is 0. The van der Waals surface area contributed by atoms with Crippen LogP contribution in [0.1, 0.15) is 39.0 Å². The number of hydrogen-bond donors (Lipinski definition) is 5. The maximum atomic E-state index is 12.7. The lowest BCUT2D eigenvalue weighted by Gasteiger charge is -2.51. The summed E-state index contributed by atoms with van der Waals surface area (Å²) in [7, 11) is 0. The third kappa shape index (κ3) is 1.90. The molecule has 0 heterocycles. The molecule has 0 aromatic carbocycles. The van der Waals surface area contributed by atoms with Gasteiger partial charge in [0, 0.05) is 11.8 Å². The molecule has 0 unspecified atom stereocenters. The van der Waals surface area contributed by atoms with Gasteiger partial charge in [0.15, 0.2) is 0 Å². The number of aliphatic hydroxyl groups excluding tert-OH is 2. The molecule has 0 saturated heterocycles. The van der Waals surface area contributed by atoms with Gasteiger partial charge < -0.3 is 25.5 Å². The van der Waals surface area contributed by atoms with E-state index in [2.05, 4.69) is 6.58 Å². The first-order chi connectivity index (χ1) is 12.9. The predicted octanol–water partition coefficient (Wildman–Crippen LogP) is 0.967. The van der Waals surface area contributed by atoms with Crippen molar-refractivity contribution in [3.05, 3.63) is 12.2 Å². The lowest BCUT2D eigenvalue weighted by atomic mass is 9.51. The molecule has 9 atom stereocenters. The molecule has 0 aromatic rings. The van der Waals surface area contributed by atoms with Gasteiger partial charge in [-0.05, 0) is 50.4 Å². The topological polar surface area (TPSA) is 152 Å². The van der Waals surface area contributed by atoms with E-state index in [9.17, 15) is 39.9 Å².